The zero-order chi connectivity index (χ0) is 16.7. The Hall–Kier alpha value is -2.61. The Morgan fingerprint density at radius 1 is 1.22 bits per heavy atom. The highest BCUT2D eigenvalue weighted by molar-refractivity contribution is 6.49. The van der Waals surface area contributed by atoms with Crippen LogP contribution in [0.1, 0.15) is 5.56 Å². The molecule has 2 rings (SSSR count). The Morgan fingerprint density at radius 2 is 1.83 bits per heavy atom. The number of carbonyl (C=O) groups is 3. The van der Waals surface area contributed by atoms with Gasteiger partial charge in [-0.2, -0.15) is 0 Å². The predicted molar refractivity (Wildman–Crippen MR) is 81.9 cm³/mol. The van der Waals surface area contributed by atoms with E-state index in [9.17, 15) is 14.4 Å². The van der Waals surface area contributed by atoms with Gasteiger partial charge in [0.15, 0.2) is 6.51 Å². The number of benzene rings is 1. The first-order valence-corrected chi connectivity index (χ1v) is 7.00. The van der Waals surface area contributed by atoms with Crippen molar-refractivity contribution in [3.05, 3.63) is 42.0 Å². The lowest BCUT2D eigenvalue weighted by atomic mass is 9.92. The number of hydrogen-bond donors (Lipinski definition) is 0. The lowest BCUT2D eigenvalue weighted by molar-refractivity contribution is -0.148. The summed E-state index contributed by atoms with van der Waals surface area (Å²) >= 11 is 0. The summed E-state index contributed by atoms with van der Waals surface area (Å²) in [5.41, 5.74) is 0.844. The van der Waals surface area contributed by atoms with Gasteiger partial charge in [-0.25, -0.2) is 4.79 Å². The van der Waals surface area contributed by atoms with Gasteiger partial charge in [-0.3, -0.25) is 14.5 Å². The Balaban J connectivity index is 1.84. The van der Waals surface area contributed by atoms with Crippen molar-refractivity contribution in [2.45, 2.75) is 0 Å². The summed E-state index contributed by atoms with van der Waals surface area (Å²) in [7, 11) is 0.370. The molecule has 8 heteroatoms. The predicted octanol–water partition coefficient (Wildman–Crippen LogP) is 0.302. The monoisotopic (exact) mass is 317 g/mol. The van der Waals surface area contributed by atoms with Gasteiger partial charge in [0.1, 0.15) is 0 Å². The van der Waals surface area contributed by atoms with Gasteiger partial charge in [-0.05, 0) is 18.7 Å². The highest BCUT2D eigenvalue weighted by Crippen LogP contribution is 2.03. The van der Waals surface area contributed by atoms with E-state index in [2.05, 4.69) is 0 Å². The van der Waals surface area contributed by atoms with Crippen molar-refractivity contribution in [1.82, 2.24) is 4.90 Å². The van der Waals surface area contributed by atoms with Gasteiger partial charge >= 0.3 is 25.0 Å². The molecule has 1 aromatic rings. The molecule has 0 aromatic heterocycles. The third-order valence-corrected chi connectivity index (χ3v) is 2.90. The quantitative estimate of drug-likeness (QED) is 0.449. The minimum atomic E-state index is -1.22. The second-order valence-electron chi connectivity index (χ2n) is 4.96. The average molecular weight is 317 g/mol. The molecule has 1 aromatic carbocycles. The molecule has 7 nitrogen and oxygen atoms in total. The zero-order valence-electron chi connectivity index (χ0n) is 12.6. The van der Waals surface area contributed by atoms with Crippen LogP contribution in [-0.2, 0) is 28.4 Å². The average Bonchev–Trinajstić information content (AvgIpc) is 2.50. The van der Waals surface area contributed by atoms with Gasteiger partial charge in [-0.15, -0.1) is 0 Å². The zero-order valence-corrected chi connectivity index (χ0v) is 12.6. The molecule has 23 heavy (non-hydrogen) atoms. The Bertz CT molecular complexity index is 583. The largest absolute Gasteiger partial charge is 0.639 e. The summed E-state index contributed by atoms with van der Waals surface area (Å²) in [5, 5.41) is 0. The first-order valence-electron chi connectivity index (χ1n) is 7.00. The molecule has 1 fully saturated rings. The molecule has 0 saturated carbocycles. The summed E-state index contributed by atoms with van der Waals surface area (Å²) in [6, 6.07) is 9.21. The maximum absolute atomic E-state index is 11.6. The van der Waals surface area contributed by atoms with E-state index < -0.39 is 25.0 Å². The summed E-state index contributed by atoms with van der Waals surface area (Å²) in [6.45, 7) is -0.417. The molecule has 1 aliphatic rings. The third kappa shape index (κ3) is 5.95. The van der Waals surface area contributed by atoms with E-state index in [1.807, 2.05) is 30.3 Å². The maximum Gasteiger partial charge on any atom is 0.639 e. The molecule has 0 radical (unpaired) electrons. The molecule has 1 saturated heterocycles. The highest BCUT2D eigenvalue weighted by atomic mass is 16.7. The van der Waals surface area contributed by atoms with Crippen LogP contribution in [0.4, 0.5) is 0 Å². The molecular weight excluding hydrogens is 301 g/mol. The van der Waals surface area contributed by atoms with Crippen molar-refractivity contribution in [2.24, 2.45) is 0 Å². The molecule has 0 spiro atoms. The van der Waals surface area contributed by atoms with Crippen molar-refractivity contribution in [1.29, 1.82) is 0 Å². The summed E-state index contributed by atoms with van der Waals surface area (Å²) in [5.74, 6) is -1.73. The van der Waals surface area contributed by atoms with E-state index in [-0.39, 0.29) is 19.6 Å². The van der Waals surface area contributed by atoms with Crippen molar-refractivity contribution in [3.63, 3.8) is 0 Å². The molecule has 1 aliphatic heterocycles. The van der Waals surface area contributed by atoms with Crippen LogP contribution in [0.3, 0.4) is 0 Å². The first kappa shape index (κ1) is 16.8. The van der Waals surface area contributed by atoms with Crippen LogP contribution in [-0.4, -0.2) is 56.6 Å². The molecule has 0 aliphatic carbocycles. The number of carbonyl (C=O) groups excluding carboxylic acids is 3. The normalized spacial score (nSPS) is 16.5. The van der Waals surface area contributed by atoms with E-state index in [0.717, 1.165) is 5.56 Å². The number of likely N-dealkylation sites (N-methyl/N-ethyl adjacent to an activating group) is 1. The van der Waals surface area contributed by atoms with Gasteiger partial charge in [0.05, 0.1) is 13.1 Å². The smallest absolute Gasteiger partial charge is 0.496 e. The SMILES string of the molecule is CN1CC(=O)OB(COC(=O)/C=C/c2ccccc2)OC(=O)C1. The second kappa shape index (κ2) is 8.14. The fourth-order valence-electron chi connectivity index (χ4n) is 1.88. The van der Waals surface area contributed by atoms with Crippen LogP contribution in [0, 0.1) is 0 Å². The van der Waals surface area contributed by atoms with Crippen LogP contribution >= 0.6 is 0 Å². The van der Waals surface area contributed by atoms with Crippen LogP contribution in [0.5, 0.6) is 0 Å². The number of esters is 1. The van der Waals surface area contributed by atoms with Gasteiger partial charge in [-0.1, -0.05) is 30.3 Å². The number of ether oxygens (including phenoxy) is 1. The van der Waals surface area contributed by atoms with E-state index in [1.165, 1.54) is 11.0 Å². The molecular formula is C15H16BNO6. The van der Waals surface area contributed by atoms with E-state index in [1.54, 1.807) is 13.1 Å². The maximum atomic E-state index is 11.6. The van der Waals surface area contributed by atoms with E-state index >= 15 is 0 Å². The molecule has 0 N–H and O–H groups in total. The van der Waals surface area contributed by atoms with Crippen molar-refractivity contribution in [3.8, 4) is 0 Å². The summed E-state index contributed by atoms with van der Waals surface area (Å²) in [6.07, 6.45) is 2.84. The minimum Gasteiger partial charge on any atom is -0.496 e. The molecule has 0 bridgehead atoms. The lowest BCUT2D eigenvalue weighted by Gasteiger charge is -2.22. The van der Waals surface area contributed by atoms with Crippen LogP contribution < -0.4 is 0 Å². The van der Waals surface area contributed by atoms with Gasteiger partial charge in [0.25, 0.3) is 0 Å². The van der Waals surface area contributed by atoms with Gasteiger partial charge in [0, 0.05) is 6.08 Å². The third-order valence-electron chi connectivity index (χ3n) is 2.90. The lowest BCUT2D eigenvalue weighted by Crippen LogP contribution is -2.44. The van der Waals surface area contributed by atoms with E-state index in [0.29, 0.717) is 0 Å². The van der Waals surface area contributed by atoms with Gasteiger partial charge < -0.3 is 14.0 Å². The fourth-order valence-corrected chi connectivity index (χ4v) is 1.88. The second-order valence-corrected chi connectivity index (χ2v) is 4.96. The minimum absolute atomic E-state index is 0.0343. The molecule has 0 amide bonds. The molecule has 0 unspecified atom stereocenters. The first-order chi connectivity index (χ1) is 11.0. The summed E-state index contributed by atoms with van der Waals surface area (Å²) in [4.78, 5) is 36.1. The van der Waals surface area contributed by atoms with Crippen molar-refractivity contribution in [2.75, 3.05) is 26.6 Å². The Morgan fingerprint density at radius 3 is 2.43 bits per heavy atom. The van der Waals surface area contributed by atoms with Crippen LogP contribution in [0.25, 0.3) is 6.08 Å². The molecule has 0 atom stereocenters. The Labute approximate surface area is 133 Å². The topological polar surface area (TPSA) is 82.1 Å². The van der Waals surface area contributed by atoms with Crippen LogP contribution in [0.15, 0.2) is 36.4 Å². The standard InChI is InChI=1S/C15H16BNO6/c1-17-9-14(19)22-16(23-15(20)10-17)11-21-13(18)8-7-12-5-3-2-4-6-12/h2-8H,9-11H2,1H3/b8-7+. The van der Waals surface area contributed by atoms with Gasteiger partial charge in [0.2, 0.25) is 0 Å². The van der Waals surface area contributed by atoms with Crippen LogP contribution in [0.2, 0.25) is 0 Å². The van der Waals surface area contributed by atoms with E-state index in [4.69, 9.17) is 14.0 Å². The number of hydrogen-bond acceptors (Lipinski definition) is 7. The molecule has 1 heterocycles. The van der Waals surface area contributed by atoms with Crippen molar-refractivity contribution < 1.29 is 28.4 Å². The summed E-state index contributed by atoms with van der Waals surface area (Å²) < 4.78 is 14.8. The van der Waals surface area contributed by atoms with Crippen molar-refractivity contribution >= 4 is 31.1 Å². The molecule has 120 valence electrons. The number of rotatable bonds is 4. The number of nitrogens with zero attached hydrogens (tertiary/aromatic N) is 1. The fraction of sp³-hybridized carbons (Fsp3) is 0.267. The Kier molecular flexibility index (Phi) is 5.93. The highest BCUT2D eigenvalue weighted by Gasteiger charge is 2.33.